The van der Waals surface area contributed by atoms with E-state index in [4.69, 9.17) is 4.74 Å². The number of nitrogens with zero attached hydrogens (tertiary/aromatic N) is 2. The molecule has 2 N–H and O–H groups in total. The first-order valence-corrected chi connectivity index (χ1v) is 13.5. The van der Waals surface area contributed by atoms with Crippen molar-refractivity contribution in [3.63, 3.8) is 0 Å². The largest absolute Gasteiger partial charge is 0.465 e. The van der Waals surface area contributed by atoms with E-state index in [1.807, 2.05) is 59.3 Å². The summed E-state index contributed by atoms with van der Waals surface area (Å²) in [6.45, 7) is 5.91. The fourth-order valence-corrected chi connectivity index (χ4v) is 6.72. The second kappa shape index (κ2) is 10.3. The van der Waals surface area contributed by atoms with E-state index in [2.05, 4.69) is 30.1 Å². The Hall–Kier alpha value is -3.58. The maximum atomic E-state index is 13.2. The van der Waals surface area contributed by atoms with Crippen LogP contribution in [0.4, 0.5) is 5.69 Å². The molecule has 1 amide bonds. The van der Waals surface area contributed by atoms with Crippen molar-refractivity contribution in [1.82, 2.24) is 9.47 Å². The number of esters is 1. The van der Waals surface area contributed by atoms with Gasteiger partial charge in [0.15, 0.2) is 0 Å². The van der Waals surface area contributed by atoms with E-state index < -0.39 is 11.7 Å². The highest BCUT2D eigenvalue weighted by Gasteiger charge is 2.55. The molecule has 0 spiro atoms. The second-order valence-corrected chi connectivity index (χ2v) is 10.7. The number of fused-ring (bicyclic) bond motifs is 4. The predicted molar refractivity (Wildman–Crippen MR) is 149 cm³/mol. The summed E-state index contributed by atoms with van der Waals surface area (Å²) in [4.78, 5) is 28.0. The molecule has 0 saturated carbocycles. The van der Waals surface area contributed by atoms with Crippen LogP contribution >= 0.6 is 0 Å². The molecule has 0 fully saturated rings. The Morgan fingerprint density at radius 3 is 2.61 bits per heavy atom. The number of anilines is 1. The van der Waals surface area contributed by atoms with Crippen LogP contribution in [-0.2, 0) is 26.5 Å². The summed E-state index contributed by atoms with van der Waals surface area (Å²) in [5, 5.41) is 16.0. The van der Waals surface area contributed by atoms with E-state index in [0.717, 1.165) is 66.6 Å². The van der Waals surface area contributed by atoms with Gasteiger partial charge in [-0.15, -0.1) is 0 Å². The third-order valence-corrected chi connectivity index (χ3v) is 8.78. The maximum absolute atomic E-state index is 13.2. The number of hydrogen-bond donors (Lipinski definition) is 2. The first-order chi connectivity index (χ1) is 18.3. The highest BCUT2D eigenvalue weighted by Crippen LogP contribution is 2.56. The highest BCUT2D eigenvalue weighted by atomic mass is 16.5. The lowest BCUT2D eigenvalue weighted by Gasteiger charge is -2.50. The molecule has 7 nitrogen and oxygen atoms in total. The van der Waals surface area contributed by atoms with Crippen molar-refractivity contribution in [2.45, 2.75) is 57.6 Å². The number of aromatic nitrogens is 1. The molecule has 1 aromatic heterocycles. The maximum Gasteiger partial charge on any atom is 0.359 e. The quantitative estimate of drug-likeness (QED) is 0.363. The zero-order valence-corrected chi connectivity index (χ0v) is 22.4. The van der Waals surface area contributed by atoms with Crippen molar-refractivity contribution in [2.24, 2.45) is 5.41 Å². The van der Waals surface area contributed by atoms with Gasteiger partial charge in [0.2, 0.25) is 11.6 Å². The van der Waals surface area contributed by atoms with Crippen LogP contribution in [0.1, 0.15) is 56.7 Å². The molecule has 0 saturated heterocycles. The molecule has 2 aliphatic rings. The van der Waals surface area contributed by atoms with Crippen LogP contribution in [0.2, 0.25) is 0 Å². The van der Waals surface area contributed by atoms with Gasteiger partial charge < -0.3 is 24.6 Å². The molecule has 200 valence electrons. The van der Waals surface area contributed by atoms with E-state index in [9.17, 15) is 14.7 Å². The van der Waals surface area contributed by atoms with Gasteiger partial charge in [-0.05, 0) is 54.9 Å². The smallest absolute Gasteiger partial charge is 0.359 e. The summed E-state index contributed by atoms with van der Waals surface area (Å²) < 4.78 is 7.04. The summed E-state index contributed by atoms with van der Waals surface area (Å²) in [6.07, 6.45) is 7.11. The van der Waals surface area contributed by atoms with E-state index >= 15 is 0 Å². The summed E-state index contributed by atoms with van der Waals surface area (Å²) >= 11 is 0. The molecule has 2 bridgehead atoms. The number of ether oxygens (including phenoxy) is 1. The minimum Gasteiger partial charge on any atom is -0.465 e. The van der Waals surface area contributed by atoms with Gasteiger partial charge in [0.1, 0.15) is 0 Å². The molecule has 3 aromatic rings. The zero-order valence-electron chi connectivity index (χ0n) is 22.4. The average molecular weight is 516 g/mol. The molecular formula is C31H37N3O4. The monoisotopic (exact) mass is 515 g/mol. The Morgan fingerprint density at radius 1 is 1.13 bits per heavy atom. The third kappa shape index (κ3) is 4.39. The predicted octanol–water partition coefficient (Wildman–Crippen LogP) is 5.15. The molecule has 3 unspecified atom stereocenters. The Morgan fingerprint density at radius 2 is 1.87 bits per heavy atom. The third-order valence-electron chi connectivity index (χ3n) is 8.78. The first kappa shape index (κ1) is 26.0. The van der Waals surface area contributed by atoms with Gasteiger partial charge in [-0.25, -0.2) is 4.79 Å². The molecule has 0 aliphatic carbocycles. The van der Waals surface area contributed by atoms with Gasteiger partial charge in [-0.3, -0.25) is 4.79 Å². The number of carbonyl (C=O) groups excluding carboxylic acids is 2. The first-order valence-electron chi connectivity index (χ1n) is 13.5. The fourth-order valence-electron chi connectivity index (χ4n) is 6.72. The minimum atomic E-state index is -1.75. The Kier molecular flexibility index (Phi) is 7.05. The highest BCUT2D eigenvalue weighted by molar-refractivity contribution is 5.99. The normalized spacial score (nSPS) is 25.4. The van der Waals surface area contributed by atoms with Crippen LogP contribution in [-0.4, -0.2) is 46.6 Å². The van der Waals surface area contributed by atoms with Gasteiger partial charge >= 0.3 is 5.97 Å². The standard InChI is InChI=1S/C31H37N3O4/c1-4-30-17-10-18-33(20-16-27(35)32-23-11-6-5-7-12-23)19-15-25-24-13-8-9-14-26(24)34(28(25)22(30)2)31(37,21-30)29(36)38-3/h5-9,11-14,16,20,22,37H,4,10,15,17-19,21H2,1-3H3,(H,32,35)/b20-16+. The summed E-state index contributed by atoms with van der Waals surface area (Å²) in [5.74, 6) is -0.605. The van der Waals surface area contributed by atoms with Crippen LogP contribution in [0.25, 0.3) is 10.9 Å². The van der Waals surface area contributed by atoms with Crippen LogP contribution in [0.3, 0.4) is 0 Å². The Balaban J connectivity index is 1.54. The molecule has 7 heteroatoms. The van der Waals surface area contributed by atoms with E-state index in [1.54, 1.807) is 6.08 Å². The number of carbonyl (C=O) groups is 2. The van der Waals surface area contributed by atoms with Crippen molar-refractivity contribution in [1.29, 1.82) is 0 Å². The molecule has 38 heavy (non-hydrogen) atoms. The lowest BCUT2D eigenvalue weighted by molar-refractivity contribution is -0.186. The molecule has 0 radical (unpaired) electrons. The topological polar surface area (TPSA) is 83.8 Å². The number of hydrogen-bond acceptors (Lipinski definition) is 5. The van der Waals surface area contributed by atoms with Crippen molar-refractivity contribution < 1.29 is 19.4 Å². The second-order valence-electron chi connectivity index (χ2n) is 10.7. The minimum absolute atomic E-state index is 0.161. The number of benzene rings is 2. The van der Waals surface area contributed by atoms with Gasteiger partial charge in [0.25, 0.3) is 0 Å². The van der Waals surface area contributed by atoms with Crippen LogP contribution in [0, 0.1) is 5.41 Å². The Labute approximate surface area is 224 Å². The summed E-state index contributed by atoms with van der Waals surface area (Å²) in [5.41, 5.74) is 1.79. The van der Waals surface area contributed by atoms with Crippen LogP contribution < -0.4 is 5.32 Å². The van der Waals surface area contributed by atoms with Gasteiger partial charge in [0, 0.05) is 54.5 Å². The number of methoxy groups -OCH3 is 1. The average Bonchev–Trinajstić information content (AvgIpc) is 3.27. The van der Waals surface area contributed by atoms with E-state index in [0.29, 0.717) is 6.42 Å². The van der Waals surface area contributed by atoms with Crippen molar-refractivity contribution >= 4 is 28.5 Å². The van der Waals surface area contributed by atoms with Crippen LogP contribution in [0.5, 0.6) is 0 Å². The van der Waals surface area contributed by atoms with Gasteiger partial charge in [-0.1, -0.05) is 50.2 Å². The van der Waals surface area contributed by atoms with Crippen molar-refractivity contribution in [3.05, 3.63) is 78.1 Å². The number of aliphatic hydroxyl groups is 1. The fraction of sp³-hybridized carbons (Fsp3) is 0.419. The lowest BCUT2D eigenvalue weighted by atomic mass is 9.62. The summed E-state index contributed by atoms with van der Waals surface area (Å²) in [6, 6.07) is 17.4. The number of amides is 1. The zero-order chi connectivity index (χ0) is 26.9. The summed E-state index contributed by atoms with van der Waals surface area (Å²) in [7, 11) is 1.35. The lowest BCUT2D eigenvalue weighted by Crippen LogP contribution is -2.53. The van der Waals surface area contributed by atoms with Gasteiger partial charge in [-0.2, -0.15) is 0 Å². The SMILES string of the molecule is CCC12CCCN(/C=C/C(=O)Nc3ccccc3)CCc3c(n(c4ccccc34)C(O)(C(=O)OC)C1)C2C. The molecule has 3 heterocycles. The molecule has 2 aromatic carbocycles. The molecular weight excluding hydrogens is 478 g/mol. The van der Waals surface area contributed by atoms with Crippen molar-refractivity contribution in [3.8, 4) is 0 Å². The molecule has 5 rings (SSSR count). The van der Waals surface area contributed by atoms with Gasteiger partial charge in [0.05, 0.1) is 12.6 Å². The van der Waals surface area contributed by atoms with E-state index in [1.165, 1.54) is 7.11 Å². The number of nitrogens with one attached hydrogen (secondary N) is 1. The molecule has 3 atom stereocenters. The number of rotatable bonds is 5. The van der Waals surface area contributed by atoms with E-state index in [-0.39, 0.29) is 17.2 Å². The van der Waals surface area contributed by atoms with Crippen LogP contribution in [0.15, 0.2) is 66.9 Å². The van der Waals surface area contributed by atoms with Crippen molar-refractivity contribution in [2.75, 3.05) is 25.5 Å². The molecule has 2 aliphatic heterocycles. The Bertz CT molecular complexity index is 1360. The number of para-hydroxylation sites is 2.